The second kappa shape index (κ2) is 6.25. The highest BCUT2D eigenvalue weighted by Gasteiger charge is 2.36. The van der Waals surface area contributed by atoms with Gasteiger partial charge in [0, 0.05) is 12.5 Å². The average molecular weight is 274 g/mol. The van der Waals surface area contributed by atoms with E-state index in [1.807, 2.05) is 0 Å². The van der Waals surface area contributed by atoms with Crippen LogP contribution in [0.1, 0.15) is 51.9 Å². The van der Waals surface area contributed by atoms with Gasteiger partial charge in [-0.1, -0.05) is 19.8 Å². The van der Waals surface area contributed by atoms with Crippen LogP contribution in [0, 0.1) is 5.92 Å². The van der Waals surface area contributed by atoms with Crippen LogP contribution in [0.15, 0.2) is 0 Å². The fourth-order valence-corrected chi connectivity index (χ4v) is 3.60. The van der Waals surface area contributed by atoms with Gasteiger partial charge in [-0.2, -0.15) is 0 Å². The Balaban J connectivity index is 1.86. The summed E-state index contributed by atoms with van der Waals surface area (Å²) in [5.74, 6) is 1.28. The normalized spacial score (nSPS) is 36.6. The predicted molar refractivity (Wildman–Crippen MR) is 72.8 cm³/mol. The minimum atomic E-state index is -0.172. The number of alkyl halides is 1. The van der Waals surface area contributed by atoms with E-state index in [1.54, 1.807) is 0 Å². The van der Waals surface area contributed by atoms with Crippen molar-refractivity contribution < 1.29 is 9.53 Å². The molecule has 1 saturated heterocycles. The zero-order valence-corrected chi connectivity index (χ0v) is 12.0. The van der Waals surface area contributed by atoms with Gasteiger partial charge in [-0.3, -0.25) is 4.79 Å². The highest BCUT2D eigenvalue weighted by molar-refractivity contribution is 6.18. The zero-order chi connectivity index (χ0) is 13.0. The predicted octanol–water partition coefficient (Wildman–Crippen LogP) is 2.86. The van der Waals surface area contributed by atoms with Crippen molar-refractivity contribution in [3.05, 3.63) is 0 Å². The van der Waals surface area contributed by atoms with Crippen LogP contribution < -0.4 is 5.32 Å². The third kappa shape index (κ3) is 3.61. The standard InChI is InChI=1S/C14H24ClNO2/c1-11-4-2-6-14(9-11,10-15)16-13(17)8-12-5-3-7-18-12/h11-12H,2-10H2,1H3,(H,16,17). The lowest BCUT2D eigenvalue weighted by Crippen LogP contribution is -2.53. The van der Waals surface area contributed by atoms with Crippen molar-refractivity contribution in [2.75, 3.05) is 12.5 Å². The maximum absolute atomic E-state index is 12.1. The number of halogens is 1. The largest absolute Gasteiger partial charge is 0.378 e. The number of hydrogen-bond acceptors (Lipinski definition) is 2. The SMILES string of the molecule is CC1CCCC(CCl)(NC(=O)CC2CCCO2)C1. The van der Waals surface area contributed by atoms with Gasteiger partial charge in [-0.05, 0) is 31.6 Å². The van der Waals surface area contributed by atoms with Gasteiger partial charge < -0.3 is 10.1 Å². The van der Waals surface area contributed by atoms with E-state index in [0.717, 1.165) is 38.7 Å². The van der Waals surface area contributed by atoms with Crippen molar-refractivity contribution in [3.8, 4) is 0 Å². The lowest BCUT2D eigenvalue weighted by molar-refractivity contribution is -0.125. The van der Waals surface area contributed by atoms with Gasteiger partial charge in [-0.15, -0.1) is 11.6 Å². The lowest BCUT2D eigenvalue weighted by Gasteiger charge is -2.39. The summed E-state index contributed by atoms with van der Waals surface area (Å²) in [5, 5.41) is 3.19. The molecule has 3 atom stereocenters. The first-order valence-corrected chi connectivity index (χ1v) is 7.65. The second-order valence-corrected chi connectivity index (χ2v) is 6.27. The molecular formula is C14H24ClNO2. The van der Waals surface area contributed by atoms with Gasteiger partial charge in [0.25, 0.3) is 0 Å². The second-order valence-electron chi connectivity index (χ2n) is 6.00. The summed E-state index contributed by atoms with van der Waals surface area (Å²) < 4.78 is 5.51. The van der Waals surface area contributed by atoms with Gasteiger partial charge in [0.1, 0.15) is 0 Å². The molecule has 0 bridgehead atoms. The number of nitrogens with one attached hydrogen (secondary N) is 1. The lowest BCUT2D eigenvalue weighted by atomic mass is 9.77. The number of ether oxygens (including phenoxy) is 1. The van der Waals surface area contributed by atoms with Gasteiger partial charge in [-0.25, -0.2) is 0 Å². The van der Waals surface area contributed by atoms with Crippen LogP contribution in [0.25, 0.3) is 0 Å². The van der Waals surface area contributed by atoms with E-state index < -0.39 is 0 Å². The Bertz CT molecular complexity index is 292. The fourth-order valence-electron chi connectivity index (χ4n) is 3.29. The average Bonchev–Trinajstić information content (AvgIpc) is 2.81. The van der Waals surface area contributed by atoms with Crippen LogP contribution in [0.3, 0.4) is 0 Å². The quantitative estimate of drug-likeness (QED) is 0.800. The Morgan fingerprint density at radius 3 is 2.89 bits per heavy atom. The molecule has 0 aromatic heterocycles. The number of carbonyl (C=O) groups excluding carboxylic acids is 1. The number of hydrogen-bond donors (Lipinski definition) is 1. The van der Waals surface area contributed by atoms with E-state index in [-0.39, 0.29) is 17.6 Å². The van der Waals surface area contributed by atoms with Gasteiger partial charge in [0.2, 0.25) is 5.91 Å². The molecule has 0 aromatic rings. The summed E-state index contributed by atoms with van der Waals surface area (Å²) in [6.45, 7) is 3.04. The molecule has 1 aliphatic heterocycles. The number of carbonyl (C=O) groups is 1. The topological polar surface area (TPSA) is 38.3 Å². The third-order valence-electron chi connectivity index (χ3n) is 4.19. The molecule has 2 fully saturated rings. The highest BCUT2D eigenvalue weighted by atomic mass is 35.5. The third-order valence-corrected chi connectivity index (χ3v) is 4.70. The van der Waals surface area contributed by atoms with Gasteiger partial charge >= 0.3 is 0 Å². The molecule has 0 spiro atoms. The molecule has 1 heterocycles. The molecule has 2 rings (SSSR count). The van der Waals surface area contributed by atoms with Crippen LogP contribution in [-0.2, 0) is 9.53 Å². The van der Waals surface area contributed by atoms with Crippen LogP contribution in [-0.4, -0.2) is 30.0 Å². The monoisotopic (exact) mass is 273 g/mol. The molecule has 0 radical (unpaired) electrons. The van der Waals surface area contributed by atoms with Gasteiger partial charge in [0.15, 0.2) is 0 Å². The van der Waals surface area contributed by atoms with Crippen LogP contribution in [0.5, 0.6) is 0 Å². The van der Waals surface area contributed by atoms with Crippen molar-refractivity contribution in [1.29, 1.82) is 0 Å². The Morgan fingerprint density at radius 1 is 1.44 bits per heavy atom. The Morgan fingerprint density at radius 2 is 2.28 bits per heavy atom. The Kier molecular flexibility index (Phi) is 4.91. The van der Waals surface area contributed by atoms with Crippen molar-refractivity contribution in [2.45, 2.75) is 63.5 Å². The van der Waals surface area contributed by atoms with E-state index >= 15 is 0 Å². The van der Waals surface area contributed by atoms with Crippen molar-refractivity contribution in [1.82, 2.24) is 5.32 Å². The van der Waals surface area contributed by atoms with E-state index in [9.17, 15) is 4.79 Å². The Hall–Kier alpha value is -0.280. The molecule has 0 aromatic carbocycles. The molecule has 1 saturated carbocycles. The van der Waals surface area contributed by atoms with Crippen molar-refractivity contribution in [2.24, 2.45) is 5.92 Å². The van der Waals surface area contributed by atoms with Gasteiger partial charge in [0.05, 0.1) is 18.1 Å². The van der Waals surface area contributed by atoms with Crippen LogP contribution in [0.4, 0.5) is 0 Å². The molecule has 18 heavy (non-hydrogen) atoms. The van der Waals surface area contributed by atoms with E-state index in [2.05, 4.69) is 12.2 Å². The minimum absolute atomic E-state index is 0.108. The van der Waals surface area contributed by atoms with Crippen LogP contribution in [0.2, 0.25) is 0 Å². The molecule has 1 aliphatic carbocycles. The smallest absolute Gasteiger partial charge is 0.223 e. The maximum atomic E-state index is 12.1. The summed E-state index contributed by atoms with van der Waals surface area (Å²) in [7, 11) is 0. The molecule has 2 aliphatic rings. The number of amides is 1. The zero-order valence-electron chi connectivity index (χ0n) is 11.2. The van der Waals surface area contributed by atoms with E-state index in [0.29, 0.717) is 18.2 Å². The van der Waals surface area contributed by atoms with Crippen molar-refractivity contribution >= 4 is 17.5 Å². The first-order valence-electron chi connectivity index (χ1n) is 7.12. The minimum Gasteiger partial charge on any atom is -0.378 e. The molecule has 1 N–H and O–H groups in total. The maximum Gasteiger partial charge on any atom is 0.223 e. The molecule has 3 nitrogen and oxygen atoms in total. The molecule has 3 unspecified atom stereocenters. The molecular weight excluding hydrogens is 250 g/mol. The number of rotatable bonds is 4. The first kappa shape index (κ1) is 14.1. The van der Waals surface area contributed by atoms with Crippen molar-refractivity contribution in [3.63, 3.8) is 0 Å². The summed E-state index contributed by atoms with van der Waals surface area (Å²) >= 11 is 6.12. The fraction of sp³-hybridized carbons (Fsp3) is 0.929. The molecule has 104 valence electrons. The highest BCUT2D eigenvalue weighted by Crippen LogP contribution is 2.33. The summed E-state index contributed by atoms with van der Waals surface area (Å²) in [6, 6.07) is 0. The van der Waals surface area contributed by atoms with E-state index in [1.165, 1.54) is 6.42 Å². The van der Waals surface area contributed by atoms with E-state index in [4.69, 9.17) is 16.3 Å². The summed E-state index contributed by atoms with van der Waals surface area (Å²) in [4.78, 5) is 12.1. The van der Waals surface area contributed by atoms with Crippen LogP contribution >= 0.6 is 11.6 Å². The molecule has 1 amide bonds. The first-order chi connectivity index (χ1) is 8.63. The summed E-state index contributed by atoms with van der Waals surface area (Å²) in [6.07, 6.45) is 7.14. The summed E-state index contributed by atoms with van der Waals surface area (Å²) in [5.41, 5.74) is -0.172. The Labute approximate surface area is 115 Å². The molecule has 4 heteroatoms.